The Morgan fingerprint density at radius 2 is 1.94 bits per heavy atom. The minimum Gasteiger partial charge on any atom is -0.469 e. The first-order valence-electron chi connectivity index (χ1n) is 6.29. The molecule has 1 aromatic rings. The number of rotatable bonds is 3. The van der Waals surface area contributed by atoms with E-state index in [0.29, 0.717) is 6.04 Å². The summed E-state index contributed by atoms with van der Waals surface area (Å²) < 4.78 is 5.88. The number of benzene rings is 1. The lowest BCUT2D eigenvalue weighted by Crippen LogP contribution is -2.29. The molecule has 1 aromatic carbocycles. The van der Waals surface area contributed by atoms with Gasteiger partial charge in [0.2, 0.25) is 0 Å². The minimum atomic E-state index is -0.0608. The zero-order chi connectivity index (χ0) is 13.0. The van der Waals surface area contributed by atoms with E-state index >= 15 is 0 Å². The minimum absolute atomic E-state index is 0.0608. The molecule has 0 bridgehead atoms. The quantitative estimate of drug-likeness (QED) is 0.867. The molecule has 1 aliphatic carbocycles. The summed E-state index contributed by atoms with van der Waals surface area (Å²) in [5.74, 6) is 0.0293. The fourth-order valence-electron chi connectivity index (χ4n) is 2.44. The van der Waals surface area contributed by atoms with Crippen LogP contribution >= 0.6 is 15.9 Å². The zero-order valence-electron chi connectivity index (χ0n) is 10.5. The van der Waals surface area contributed by atoms with Crippen molar-refractivity contribution in [2.45, 2.75) is 31.7 Å². The van der Waals surface area contributed by atoms with Crippen LogP contribution in [0.1, 0.15) is 25.7 Å². The van der Waals surface area contributed by atoms with Gasteiger partial charge in [-0.25, -0.2) is 0 Å². The van der Waals surface area contributed by atoms with Crippen LogP contribution in [0.25, 0.3) is 0 Å². The maximum Gasteiger partial charge on any atom is 0.308 e. The molecular formula is C14H18BrNO2. The molecule has 0 atom stereocenters. The second kappa shape index (κ2) is 6.23. The van der Waals surface area contributed by atoms with Gasteiger partial charge in [0.1, 0.15) is 0 Å². The van der Waals surface area contributed by atoms with Gasteiger partial charge in [0.05, 0.1) is 13.0 Å². The second-order valence-corrected chi connectivity index (χ2v) is 5.55. The molecule has 0 heterocycles. The SMILES string of the molecule is COC(=O)C1CCC(Nc2ccccc2Br)CC1. The molecule has 0 saturated heterocycles. The Kier molecular flexibility index (Phi) is 4.64. The standard InChI is InChI=1S/C14H18BrNO2/c1-18-14(17)10-6-8-11(9-7-10)16-13-5-3-2-4-12(13)15/h2-5,10-11,16H,6-9H2,1H3. The van der Waals surface area contributed by atoms with Gasteiger partial charge in [-0.2, -0.15) is 0 Å². The molecule has 1 fully saturated rings. The molecule has 3 nitrogen and oxygen atoms in total. The van der Waals surface area contributed by atoms with Crippen molar-refractivity contribution in [1.82, 2.24) is 0 Å². The normalized spacial score (nSPS) is 23.4. The summed E-state index contributed by atoms with van der Waals surface area (Å²) in [6.07, 6.45) is 3.85. The Hall–Kier alpha value is -1.03. The Balaban J connectivity index is 1.87. The van der Waals surface area contributed by atoms with Crippen LogP contribution in [0.2, 0.25) is 0 Å². The van der Waals surface area contributed by atoms with Gasteiger partial charge < -0.3 is 10.1 Å². The second-order valence-electron chi connectivity index (χ2n) is 4.70. The molecule has 0 spiro atoms. The van der Waals surface area contributed by atoms with Crippen molar-refractivity contribution in [3.05, 3.63) is 28.7 Å². The Labute approximate surface area is 116 Å². The van der Waals surface area contributed by atoms with Gasteiger partial charge in [-0.15, -0.1) is 0 Å². The van der Waals surface area contributed by atoms with E-state index in [4.69, 9.17) is 4.74 Å². The number of hydrogen-bond acceptors (Lipinski definition) is 3. The van der Waals surface area contributed by atoms with E-state index in [1.807, 2.05) is 18.2 Å². The van der Waals surface area contributed by atoms with Crippen LogP contribution in [-0.4, -0.2) is 19.1 Å². The number of ether oxygens (including phenoxy) is 1. The molecule has 1 aliphatic rings. The lowest BCUT2D eigenvalue weighted by molar-refractivity contribution is -0.146. The third-order valence-corrected chi connectivity index (χ3v) is 4.19. The molecule has 0 unspecified atom stereocenters. The lowest BCUT2D eigenvalue weighted by atomic mass is 9.86. The van der Waals surface area contributed by atoms with Gasteiger partial charge in [-0.3, -0.25) is 4.79 Å². The van der Waals surface area contributed by atoms with Crippen molar-refractivity contribution < 1.29 is 9.53 Å². The summed E-state index contributed by atoms with van der Waals surface area (Å²) >= 11 is 3.53. The molecule has 1 N–H and O–H groups in total. The number of carbonyl (C=O) groups is 1. The van der Waals surface area contributed by atoms with Crippen molar-refractivity contribution in [2.75, 3.05) is 12.4 Å². The van der Waals surface area contributed by atoms with E-state index in [9.17, 15) is 4.79 Å². The molecule has 0 radical (unpaired) electrons. The Morgan fingerprint density at radius 3 is 2.56 bits per heavy atom. The van der Waals surface area contributed by atoms with Gasteiger partial charge in [0.15, 0.2) is 0 Å². The summed E-state index contributed by atoms with van der Waals surface area (Å²) in [7, 11) is 1.47. The number of methoxy groups -OCH3 is 1. The largest absolute Gasteiger partial charge is 0.469 e. The van der Waals surface area contributed by atoms with Crippen LogP contribution in [0.4, 0.5) is 5.69 Å². The highest BCUT2D eigenvalue weighted by molar-refractivity contribution is 9.10. The number of anilines is 1. The van der Waals surface area contributed by atoms with Crippen molar-refractivity contribution in [1.29, 1.82) is 0 Å². The first kappa shape index (κ1) is 13.4. The van der Waals surface area contributed by atoms with E-state index in [-0.39, 0.29) is 11.9 Å². The fourth-order valence-corrected chi connectivity index (χ4v) is 2.84. The lowest BCUT2D eigenvalue weighted by Gasteiger charge is -2.28. The summed E-state index contributed by atoms with van der Waals surface area (Å²) in [6, 6.07) is 8.57. The number of carbonyl (C=O) groups excluding carboxylic acids is 1. The molecular weight excluding hydrogens is 294 g/mol. The fraction of sp³-hybridized carbons (Fsp3) is 0.500. The van der Waals surface area contributed by atoms with E-state index in [1.54, 1.807) is 0 Å². The maximum atomic E-state index is 11.4. The average Bonchev–Trinajstić information content (AvgIpc) is 2.41. The van der Waals surface area contributed by atoms with Gasteiger partial charge in [0, 0.05) is 16.2 Å². The van der Waals surface area contributed by atoms with Crippen LogP contribution in [0.5, 0.6) is 0 Å². The average molecular weight is 312 g/mol. The molecule has 2 rings (SSSR count). The van der Waals surface area contributed by atoms with Crippen LogP contribution in [-0.2, 0) is 9.53 Å². The summed E-state index contributed by atoms with van der Waals surface area (Å²) in [5, 5.41) is 3.53. The Bertz CT molecular complexity index is 414. The molecule has 4 heteroatoms. The monoisotopic (exact) mass is 311 g/mol. The van der Waals surface area contributed by atoms with E-state index < -0.39 is 0 Å². The molecule has 0 aromatic heterocycles. The summed E-state index contributed by atoms with van der Waals surface area (Å²) in [6.45, 7) is 0. The highest BCUT2D eigenvalue weighted by atomic mass is 79.9. The first-order chi connectivity index (χ1) is 8.70. The third-order valence-electron chi connectivity index (χ3n) is 3.50. The summed E-state index contributed by atoms with van der Waals surface area (Å²) in [5.41, 5.74) is 1.12. The Morgan fingerprint density at radius 1 is 1.28 bits per heavy atom. The molecule has 1 saturated carbocycles. The van der Waals surface area contributed by atoms with Crippen molar-refractivity contribution in [2.24, 2.45) is 5.92 Å². The molecule has 0 amide bonds. The van der Waals surface area contributed by atoms with E-state index in [2.05, 4.69) is 27.3 Å². The van der Waals surface area contributed by atoms with Gasteiger partial charge in [-0.1, -0.05) is 12.1 Å². The van der Waals surface area contributed by atoms with Gasteiger partial charge in [-0.05, 0) is 53.7 Å². The van der Waals surface area contributed by atoms with Gasteiger partial charge in [0.25, 0.3) is 0 Å². The van der Waals surface area contributed by atoms with Crippen molar-refractivity contribution in [3.63, 3.8) is 0 Å². The van der Waals surface area contributed by atoms with E-state index in [1.165, 1.54) is 7.11 Å². The van der Waals surface area contributed by atoms with Crippen molar-refractivity contribution in [3.8, 4) is 0 Å². The maximum absolute atomic E-state index is 11.4. The number of hydrogen-bond donors (Lipinski definition) is 1. The van der Waals surface area contributed by atoms with Crippen molar-refractivity contribution >= 4 is 27.6 Å². The van der Waals surface area contributed by atoms with Crippen LogP contribution in [0.15, 0.2) is 28.7 Å². The third kappa shape index (κ3) is 3.25. The zero-order valence-corrected chi connectivity index (χ0v) is 12.1. The highest BCUT2D eigenvalue weighted by Gasteiger charge is 2.26. The van der Waals surface area contributed by atoms with Crippen LogP contribution < -0.4 is 5.32 Å². The van der Waals surface area contributed by atoms with E-state index in [0.717, 1.165) is 35.8 Å². The topological polar surface area (TPSA) is 38.3 Å². The molecule has 18 heavy (non-hydrogen) atoms. The van der Waals surface area contributed by atoms with Gasteiger partial charge >= 0.3 is 5.97 Å². The number of nitrogens with one attached hydrogen (secondary N) is 1. The number of halogens is 1. The number of esters is 1. The van der Waals surface area contributed by atoms with Crippen LogP contribution in [0.3, 0.4) is 0 Å². The molecule has 0 aliphatic heterocycles. The smallest absolute Gasteiger partial charge is 0.308 e. The predicted molar refractivity (Wildman–Crippen MR) is 75.5 cm³/mol. The predicted octanol–water partition coefficient (Wildman–Crippen LogP) is 3.59. The first-order valence-corrected chi connectivity index (χ1v) is 7.09. The van der Waals surface area contributed by atoms with Crippen LogP contribution in [0, 0.1) is 5.92 Å². The molecule has 98 valence electrons. The summed E-state index contributed by atoms with van der Waals surface area (Å²) in [4.78, 5) is 11.4. The number of para-hydroxylation sites is 1. The highest BCUT2D eigenvalue weighted by Crippen LogP contribution is 2.29.